The quantitative estimate of drug-likeness (QED) is 0.765. The van der Waals surface area contributed by atoms with Gasteiger partial charge in [-0.3, -0.25) is 4.79 Å². The minimum atomic E-state index is 0.0423. The van der Waals surface area contributed by atoms with Crippen molar-refractivity contribution in [2.45, 2.75) is 33.1 Å². The molecule has 1 unspecified atom stereocenters. The Labute approximate surface area is 102 Å². The number of rotatable bonds is 3. The largest absolute Gasteiger partial charge is 0.299 e. The summed E-state index contributed by atoms with van der Waals surface area (Å²) in [5.74, 6) is 0.291. The maximum atomic E-state index is 11.6. The molecule has 1 heteroatoms. The van der Waals surface area contributed by atoms with Gasteiger partial charge in [-0.1, -0.05) is 48.9 Å². The van der Waals surface area contributed by atoms with E-state index in [2.05, 4.69) is 50.2 Å². The summed E-state index contributed by atoms with van der Waals surface area (Å²) in [6.07, 6.45) is 0.868. The van der Waals surface area contributed by atoms with Crippen LogP contribution in [0.15, 0.2) is 36.4 Å². The van der Waals surface area contributed by atoms with Crippen molar-refractivity contribution in [1.29, 1.82) is 0 Å². The number of benzene rings is 2. The molecule has 0 fully saturated rings. The molecule has 2 rings (SSSR count). The van der Waals surface area contributed by atoms with E-state index in [4.69, 9.17) is 0 Å². The molecule has 0 bridgehead atoms. The Morgan fingerprint density at radius 1 is 1.12 bits per heavy atom. The molecule has 0 aliphatic carbocycles. The molecular formula is C16H18O. The summed E-state index contributed by atoms with van der Waals surface area (Å²) >= 11 is 0. The summed E-state index contributed by atoms with van der Waals surface area (Å²) in [6.45, 7) is 5.83. The van der Waals surface area contributed by atoms with E-state index in [1.54, 1.807) is 6.92 Å². The van der Waals surface area contributed by atoms with E-state index < -0.39 is 0 Å². The highest BCUT2D eigenvalue weighted by Crippen LogP contribution is 2.25. The Hall–Kier alpha value is -1.63. The third-order valence-corrected chi connectivity index (χ3v) is 3.32. The van der Waals surface area contributed by atoms with E-state index in [0.29, 0.717) is 0 Å². The standard InChI is InChI=1S/C16H18O/c1-4-16(12(3)17)15-8-7-13-9-11(2)5-6-14(13)10-15/h5-10,16H,4H2,1-3H3. The molecule has 0 spiro atoms. The molecule has 1 nitrogen and oxygen atoms in total. The SMILES string of the molecule is CCC(C(C)=O)c1ccc2cc(C)ccc2c1. The number of Topliss-reactive ketones (excluding diaryl/α,β-unsaturated/α-hetero) is 1. The van der Waals surface area contributed by atoms with Gasteiger partial charge in [0.25, 0.3) is 0 Å². The van der Waals surface area contributed by atoms with Gasteiger partial charge in [0.05, 0.1) is 0 Å². The number of fused-ring (bicyclic) bond motifs is 1. The topological polar surface area (TPSA) is 17.1 Å². The smallest absolute Gasteiger partial charge is 0.137 e. The lowest BCUT2D eigenvalue weighted by Crippen LogP contribution is -2.07. The van der Waals surface area contributed by atoms with Crippen molar-refractivity contribution >= 4 is 16.6 Å². The first-order chi connectivity index (χ1) is 8.11. The predicted molar refractivity (Wildman–Crippen MR) is 72.4 cm³/mol. The van der Waals surface area contributed by atoms with Crippen LogP contribution in [0.4, 0.5) is 0 Å². The van der Waals surface area contributed by atoms with Crippen LogP contribution >= 0.6 is 0 Å². The molecule has 0 saturated carbocycles. The number of carbonyl (C=O) groups excluding carboxylic acids is 1. The summed E-state index contributed by atoms with van der Waals surface area (Å²) in [5.41, 5.74) is 2.40. The fourth-order valence-electron chi connectivity index (χ4n) is 2.36. The second-order valence-corrected chi connectivity index (χ2v) is 4.68. The lowest BCUT2D eigenvalue weighted by atomic mass is 9.91. The van der Waals surface area contributed by atoms with Gasteiger partial charge < -0.3 is 0 Å². The Kier molecular flexibility index (Phi) is 3.28. The Morgan fingerprint density at radius 2 is 1.76 bits per heavy atom. The summed E-state index contributed by atoms with van der Waals surface area (Å²) in [5, 5.41) is 2.46. The monoisotopic (exact) mass is 226 g/mol. The minimum Gasteiger partial charge on any atom is -0.299 e. The molecule has 0 aliphatic rings. The Morgan fingerprint density at radius 3 is 2.41 bits per heavy atom. The fraction of sp³-hybridized carbons (Fsp3) is 0.312. The molecule has 1 atom stereocenters. The van der Waals surface area contributed by atoms with Crippen LogP contribution in [0.25, 0.3) is 10.8 Å². The van der Waals surface area contributed by atoms with Gasteiger partial charge in [-0.25, -0.2) is 0 Å². The maximum Gasteiger partial charge on any atom is 0.137 e. The van der Waals surface area contributed by atoms with Crippen molar-refractivity contribution in [2.75, 3.05) is 0 Å². The van der Waals surface area contributed by atoms with Crippen LogP contribution in [0.1, 0.15) is 37.3 Å². The van der Waals surface area contributed by atoms with Gasteiger partial charge in [-0.15, -0.1) is 0 Å². The van der Waals surface area contributed by atoms with Crippen LogP contribution in [-0.2, 0) is 4.79 Å². The first-order valence-corrected chi connectivity index (χ1v) is 6.12. The van der Waals surface area contributed by atoms with Crippen LogP contribution in [-0.4, -0.2) is 5.78 Å². The highest BCUT2D eigenvalue weighted by atomic mass is 16.1. The van der Waals surface area contributed by atoms with Crippen LogP contribution in [0.5, 0.6) is 0 Å². The van der Waals surface area contributed by atoms with Crippen molar-refractivity contribution in [3.63, 3.8) is 0 Å². The molecule has 0 N–H and O–H groups in total. The summed E-state index contributed by atoms with van der Waals surface area (Å²) in [6, 6.07) is 12.8. The van der Waals surface area contributed by atoms with Crippen LogP contribution in [0.2, 0.25) is 0 Å². The number of carbonyl (C=O) groups is 1. The fourth-order valence-corrected chi connectivity index (χ4v) is 2.36. The van der Waals surface area contributed by atoms with E-state index in [1.165, 1.54) is 16.3 Å². The summed E-state index contributed by atoms with van der Waals surface area (Å²) < 4.78 is 0. The molecule has 0 aromatic heterocycles. The number of aryl methyl sites for hydroxylation is 1. The minimum absolute atomic E-state index is 0.0423. The molecule has 0 aliphatic heterocycles. The van der Waals surface area contributed by atoms with Gasteiger partial charge in [-0.05, 0) is 36.6 Å². The van der Waals surface area contributed by atoms with Gasteiger partial charge >= 0.3 is 0 Å². The third kappa shape index (κ3) is 2.38. The van der Waals surface area contributed by atoms with E-state index in [9.17, 15) is 4.79 Å². The van der Waals surface area contributed by atoms with E-state index in [0.717, 1.165) is 12.0 Å². The maximum absolute atomic E-state index is 11.6. The Bertz CT molecular complexity index is 554. The number of hydrogen-bond acceptors (Lipinski definition) is 1. The van der Waals surface area contributed by atoms with E-state index in [1.807, 2.05) is 0 Å². The zero-order valence-electron chi connectivity index (χ0n) is 10.7. The van der Waals surface area contributed by atoms with Gasteiger partial charge in [0.15, 0.2) is 0 Å². The van der Waals surface area contributed by atoms with Crippen molar-refractivity contribution < 1.29 is 4.79 Å². The lowest BCUT2D eigenvalue weighted by Gasteiger charge is -2.12. The van der Waals surface area contributed by atoms with Gasteiger partial charge in [-0.2, -0.15) is 0 Å². The van der Waals surface area contributed by atoms with E-state index in [-0.39, 0.29) is 11.7 Å². The zero-order chi connectivity index (χ0) is 12.4. The van der Waals surface area contributed by atoms with Crippen LogP contribution in [0.3, 0.4) is 0 Å². The second kappa shape index (κ2) is 4.70. The molecule has 0 heterocycles. The molecule has 0 radical (unpaired) electrons. The Balaban J connectivity index is 2.50. The zero-order valence-corrected chi connectivity index (χ0v) is 10.7. The van der Waals surface area contributed by atoms with Gasteiger partial charge in [0, 0.05) is 5.92 Å². The van der Waals surface area contributed by atoms with Crippen LogP contribution < -0.4 is 0 Å². The number of hydrogen-bond donors (Lipinski definition) is 0. The molecule has 17 heavy (non-hydrogen) atoms. The highest BCUT2D eigenvalue weighted by Gasteiger charge is 2.14. The van der Waals surface area contributed by atoms with Crippen molar-refractivity contribution in [1.82, 2.24) is 0 Å². The summed E-state index contributed by atoms with van der Waals surface area (Å²) in [7, 11) is 0. The molecule has 2 aromatic carbocycles. The average Bonchev–Trinajstić information content (AvgIpc) is 2.29. The van der Waals surface area contributed by atoms with Crippen molar-refractivity contribution in [3.8, 4) is 0 Å². The molecule has 0 saturated heterocycles. The first kappa shape index (κ1) is 11.8. The predicted octanol–water partition coefficient (Wildman–Crippen LogP) is 4.23. The number of ketones is 1. The normalized spacial score (nSPS) is 12.6. The highest BCUT2D eigenvalue weighted by molar-refractivity contribution is 5.88. The summed E-state index contributed by atoms with van der Waals surface area (Å²) in [4.78, 5) is 11.6. The van der Waals surface area contributed by atoms with Crippen molar-refractivity contribution in [3.05, 3.63) is 47.5 Å². The first-order valence-electron chi connectivity index (χ1n) is 6.12. The van der Waals surface area contributed by atoms with E-state index >= 15 is 0 Å². The molecule has 0 amide bonds. The average molecular weight is 226 g/mol. The molecule has 88 valence electrons. The second-order valence-electron chi connectivity index (χ2n) is 4.68. The molecule has 2 aromatic rings. The van der Waals surface area contributed by atoms with Crippen LogP contribution in [0, 0.1) is 6.92 Å². The lowest BCUT2D eigenvalue weighted by molar-refractivity contribution is -0.118. The third-order valence-electron chi connectivity index (χ3n) is 3.32. The van der Waals surface area contributed by atoms with Gasteiger partial charge in [0.2, 0.25) is 0 Å². The van der Waals surface area contributed by atoms with Gasteiger partial charge in [0.1, 0.15) is 5.78 Å². The molecular weight excluding hydrogens is 208 g/mol. The van der Waals surface area contributed by atoms with Crippen molar-refractivity contribution in [2.24, 2.45) is 0 Å².